The number of hydrogen-bond acceptors (Lipinski definition) is 3. The molecule has 4 heteroatoms. The maximum Gasteiger partial charge on any atom is 0.239 e. The third-order valence-electron chi connectivity index (χ3n) is 4.33. The van der Waals surface area contributed by atoms with Gasteiger partial charge in [-0.25, -0.2) is 0 Å². The molecule has 0 spiro atoms. The van der Waals surface area contributed by atoms with Gasteiger partial charge in [0, 0.05) is 19.1 Å². The van der Waals surface area contributed by atoms with Gasteiger partial charge in [-0.2, -0.15) is 0 Å². The number of rotatable bonds is 7. The fourth-order valence-corrected chi connectivity index (χ4v) is 2.68. The van der Waals surface area contributed by atoms with E-state index in [9.17, 15) is 4.79 Å². The van der Waals surface area contributed by atoms with Crippen LogP contribution in [0.3, 0.4) is 0 Å². The zero-order valence-corrected chi connectivity index (χ0v) is 12.4. The van der Waals surface area contributed by atoms with Gasteiger partial charge in [-0.05, 0) is 39.8 Å². The molecule has 1 aliphatic carbocycles. The highest BCUT2D eigenvalue weighted by atomic mass is 16.2. The van der Waals surface area contributed by atoms with Gasteiger partial charge in [0.1, 0.15) is 0 Å². The lowest BCUT2D eigenvalue weighted by atomic mass is 9.75. The molecule has 4 nitrogen and oxygen atoms in total. The van der Waals surface area contributed by atoms with Gasteiger partial charge in [0.25, 0.3) is 0 Å². The van der Waals surface area contributed by atoms with Gasteiger partial charge in [0.15, 0.2) is 0 Å². The molecule has 0 saturated heterocycles. The second kappa shape index (κ2) is 6.53. The van der Waals surface area contributed by atoms with E-state index in [1.54, 1.807) is 0 Å². The number of amides is 1. The Labute approximate surface area is 111 Å². The van der Waals surface area contributed by atoms with Crippen molar-refractivity contribution in [3.05, 3.63) is 0 Å². The maximum absolute atomic E-state index is 12.2. The first kappa shape index (κ1) is 15.4. The van der Waals surface area contributed by atoms with E-state index in [0.717, 1.165) is 25.8 Å². The second-order valence-corrected chi connectivity index (χ2v) is 5.92. The zero-order valence-electron chi connectivity index (χ0n) is 12.4. The van der Waals surface area contributed by atoms with Crippen molar-refractivity contribution < 1.29 is 4.79 Å². The smallest absolute Gasteiger partial charge is 0.239 e. The van der Waals surface area contributed by atoms with E-state index in [-0.39, 0.29) is 17.5 Å². The minimum atomic E-state index is -0.325. The minimum Gasteiger partial charge on any atom is -0.343 e. The van der Waals surface area contributed by atoms with Crippen LogP contribution in [0, 0.1) is 0 Å². The molecule has 2 N–H and O–H groups in total. The van der Waals surface area contributed by atoms with Gasteiger partial charge >= 0.3 is 0 Å². The number of carbonyl (C=O) groups excluding carboxylic acids is 1. The average Bonchev–Trinajstić information content (AvgIpc) is 2.28. The number of unbranched alkanes of at least 4 members (excludes halogenated alkanes) is 1. The highest BCUT2D eigenvalue weighted by Gasteiger charge is 2.41. The zero-order chi connectivity index (χ0) is 13.8. The van der Waals surface area contributed by atoms with Gasteiger partial charge in [-0.3, -0.25) is 4.79 Å². The van der Waals surface area contributed by atoms with Crippen LogP contribution in [0.15, 0.2) is 0 Å². The Bertz CT molecular complexity index is 274. The van der Waals surface area contributed by atoms with Crippen molar-refractivity contribution in [3.8, 4) is 0 Å². The Kier molecular flexibility index (Phi) is 5.60. The molecule has 1 fully saturated rings. The van der Waals surface area contributed by atoms with Crippen LogP contribution >= 0.6 is 0 Å². The molecule has 0 radical (unpaired) electrons. The van der Waals surface area contributed by atoms with E-state index < -0.39 is 0 Å². The van der Waals surface area contributed by atoms with E-state index in [2.05, 4.69) is 25.9 Å². The Balaban J connectivity index is 2.48. The highest BCUT2D eigenvalue weighted by molar-refractivity contribution is 5.81. The molecule has 1 rings (SSSR count). The Hall–Kier alpha value is -0.610. The highest BCUT2D eigenvalue weighted by Crippen LogP contribution is 2.36. The molecule has 1 saturated carbocycles. The minimum absolute atomic E-state index is 0.0941. The number of hydrogen-bond donors (Lipinski definition) is 1. The first-order valence-corrected chi connectivity index (χ1v) is 7.11. The van der Waals surface area contributed by atoms with Gasteiger partial charge in [0.2, 0.25) is 5.91 Å². The lowest BCUT2D eigenvalue weighted by molar-refractivity contribution is -0.134. The van der Waals surface area contributed by atoms with Crippen LogP contribution in [-0.4, -0.2) is 55.0 Å². The molecular formula is C14H29N3O. The van der Waals surface area contributed by atoms with Crippen molar-refractivity contribution >= 4 is 5.91 Å². The number of carbonyl (C=O) groups is 1. The fourth-order valence-electron chi connectivity index (χ4n) is 2.68. The van der Waals surface area contributed by atoms with Crippen molar-refractivity contribution in [2.24, 2.45) is 5.73 Å². The maximum atomic E-state index is 12.2. The van der Waals surface area contributed by atoms with Gasteiger partial charge < -0.3 is 15.5 Å². The number of likely N-dealkylation sites (N-methyl/N-ethyl adjacent to an activating group) is 2. The molecule has 18 heavy (non-hydrogen) atoms. The van der Waals surface area contributed by atoms with Crippen molar-refractivity contribution in [1.82, 2.24) is 9.80 Å². The molecular weight excluding hydrogens is 226 g/mol. The van der Waals surface area contributed by atoms with E-state index in [1.807, 2.05) is 11.9 Å². The van der Waals surface area contributed by atoms with E-state index >= 15 is 0 Å². The summed E-state index contributed by atoms with van der Waals surface area (Å²) >= 11 is 0. The van der Waals surface area contributed by atoms with E-state index in [1.165, 1.54) is 19.3 Å². The molecule has 0 aliphatic heterocycles. The summed E-state index contributed by atoms with van der Waals surface area (Å²) < 4.78 is 0. The van der Waals surface area contributed by atoms with Crippen molar-refractivity contribution in [2.75, 3.05) is 27.7 Å². The Morgan fingerprint density at radius 1 is 1.33 bits per heavy atom. The standard InChI is InChI=1S/C14H29N3O/c1-5-6-8-12(15)13(18)17(4)11-14(16(2)3)9-7-10-14/h12H,5-11,15H2,1-4H3. The predicted octanol–water partition coefficient (Wildman–Crippen LogP) is 1.45. The Morgan fingerprint density at radius 2 is 1.94 bits per heavy atom. The van der Waals surface area contributed by atoms with Crippen molar-refractivity contribution in [1.29, 1.82) is 0 Å². The van der Waals surface area contributed by atoms with Crippen molar-refractivity contribution in [2.45, 2.75) is 57.0 Å². The fraction of sp³-hybridized carbons (Fsp3) is 0.929. The van der Waals surface area contributed by atoms with Crippen LogP contribution in [0.25, 0.3) is 0 Å². The molecule has 0 aromatic carbocycles. The predicted molar refractivity (Wildman–Crippen MR) is 75.4 cm³/mol. The summed E-state index contributed by atoms with van der Waals surface area (Å²) in [5.74, 6) is 0.0941. The number of nitrogens with zero attached hydrogens (tertiary/aromatic N) is 2. The summed E-state index contributed by atoms with van der Waals surface area (Å²) in [5.41, 5.74) is 6.14. The molecule has 0 bridgehead atoms. The SMILES string of the molecule is CCCCC(N)C(=O)N(C)CC1(N(C)C)CCC1. The van der Waals surface area contributed by atoms with Crippen molar-refractivity contribution in [3.63, 3.8) is 0 Å². The van der Waals surface area contributed by atoms with Crippen LogP contribution in [0.1, 0.15) is 45.4 Å². The first-order valence-electron chi connectivity index (χ1n) is 7.11. The summed E-state index contributed by atoms with van der Waals surface area (Å²) in [7, 11) is 6.10. The molecule has 1 unspecified atom stereocenters. The third-order valence-corrected chi connectivity index (χ3v) is 4.33. The van der Waals surface area contributed by atoms with Gasteiger partial charge in [0.05, 0.1) is 6.04 Å². The summed E-state index contributed by atoms with van der Waals surface area (Å²) in [4.78, 5) is 16.3. The molecule has 1 aliphatic rings. The lowest BCUT2D eigenvalue weighted by Crippen LogP contribution is -2.58. The topological polar surface area (TPSA) is 49.6 Å². The normalized spacial score (nSPS) is 19.4. The Morgan fingerprint density at radius 3 is 2.33 bits per heavy atom. The molecule has 0 aromatic heterocycles. The summed E-state index contributed by atoms with van der Waals surface area (Å²) in [5, 5.41) is 0. The monoisotopic (exact) mass is 255 g/mol. The quantitative estimate of drug-likeness (QED) is 0.749. The summed E-state index contributed by atoms with van der Waals surface area (Å²) in [6.45, 7) is 2.93. The number of nitrogens with two attached hydrogens (primary N) is 1. The van der Waals surface area contributed by atoms with Crippen LogP contribution < -0.4 is 5.73 Å². The van der Waals surface area contributed by atoms with Gasteiger partial charge in [-0.1, -0.05) is 19.8 Å². The molecule has 1 amide bonds. The largest absolute Gasteiger partial charge is 0.343 e. The molecule has 0 heterocycles. The lowest BCUT2D eigenvalue weighted by Gasteiger charge is -2.49. The van der Waals surface area contributed by atoms with E-state index in [4.69, 9.17) is 5.73 Å². The van der Waals surface area contributed by atoms with Crippen LogP contribution in [0.5, 0.6) is 0 Å². The van der Waals surface area contributed by atoms with Crippen LogP contribution in [-0.2, 0) is 4.79 Å². The van der Waals surface area contributed by atoms with E-state index in [0.29, 0.717) is 0 Å². The molecule has 0 aromatic rings. The second-order valence-electron chi connectivity index (χ2n) is 5.92. The average molecular weight is 255 g/mol. The molecule has 1 atom stereocenters. The summed E-state index contributed by atoms with van der Waals surface area (Å²) in [6.07, 6.45) is 6.55. The van der Waals surface area contributed by atoms with Crippen LogP contribution in [0.2, 0.25) is 0 Å². The summed E-state index contributed by atoms with van der Waals surface area (Å²) in [6, 6.07) is -0.325. The third kappa shape index (κ3) is 3.45. The first-order chi connectivity index (χ1) is 8.43. The van der Waals surface area contributed by atoms with Crippen LogP contribution in [0.4, 0.5) is 0 Å². The molecule has 106 valence electrons. The van der Waals surface area contributed by atoms with Gasteiger partial charge in [-0.15, -0.1) is 0 Å².